The first-order valence-corrected chi connectivity index (χ1v) is 7.20. The monoisotopic (exact) mass is 367 g/mol. The molecule has 0 saturated carbocycles. The zero-order valence-corrected chi connectivity index (χ0v) is 17.3. The van der Waals surface area contributed by atoms with Gasteiger partial charge >= 0.3 is 59.1 Å². The van der Waals surface area contributed by atoms with E-state index in [1.54, 1.807) is 0 Å². The smallest absolute Gasteiger partial charge is 0.846 e. The van der Waals surface area contributed by atoms with Crippen molar-refractivity contribution in [3.05, 3.63) is 17.8 Å². The molecule has 14 heteroatoms. The van der Waals surface area contributed by atoms with Gasteiger partial charge in [-0.25, -0.2) is 4.98 Å². The fourth-order valence-electron chi connectivity index (χ4n) is 1.97. The van der Waals surface area contributed by atoms with Gasteiger partial charge in [-0.05, 0) is 6.07 Å². The number of aliphatic hydroxyl groups is 2. The Balaban J connectivity index is 0.00000242. The van der Waals surface area contributed by atoms with E-state index in [2.05, 4.69) is 9.51 Å². The summed E-state index contributed by atoms with van der Waals surface area (Å²) in [6.07, 6.45) is -4.80. The first-order chi connectivity index (χ1) is 9.73. The fourth-order valence-corrected chi connectivity index (χ4v) is 2.50. The normalized spacial score (nSPS) is 29.2. The topological polar surface area (TPSA) is 184 Å². The van der Waals surface area contributed by atoms with Gasteiger partial charge in [0.05, 0.1) is 12.6 Å². The number of nitrogens with one attached hydrogen (secondary N) is 1. The molecular weight excluding hydrogens is 355 g/mol. The van der Waals surface area contributed by atoms with E-state index in [1.165, 1.54) is 0 Å². The third-order valence-corrected chi connectivity index (χ3v) is 3.36. The summed E-state index contributed by atoms with van der Waals surface area (Å²) in [5, 5.41) is 37.8. The van der Waals surface area contributed by atoms with Gasteiger partial charge in [-0.3, -0.25) is 9.97 Å². The Hall–Kier alpha value is 0.670. The molecule has 1 aromatic heterocycles. The molecule has 2 heterocycles. The number of hydrogen-bond acceptors (Lipinski definition) is 9. The Bertz CT molecular complexity index is 625. The average molecular weight is 367 g/mol. The Morgan fingerprint density at radius 2 is 2.13 bits per heavy atom. The summed E-state index contributed by atoms with van der Waals surface area (Å²) < 4.78 is 21.1. The summed E-state index contributed by atoms with van der Waals surface area (Å²) in [6.45, 7) is -0.662. The van der Waals surface area contributed by atoms with Gasteiger partial charge < -0.3 is 38.9 Å². The first kappa shape index (κ1) is 23.7. The zero-order chi connectivity index (χ0) is 15.8. The van der Waals surface area contributed by atoms with E-state index in [-0.39, 0.29) is 64.6 Å². The summed E-state index contributed by atoms with van der Waals surface area (Å²) in [5.74, 6) is 0. The first-order valence-electron chi connectivity index (χ1n) is 5.70. The molecule has 0 radical (unpaired) electrons. The largest absolute Gasteiger partial charge is 1.00 e. The van der Waals surface area contributed by atoms with Crippen molar-refractivity contribution in [3.63, 3.8) is 0 Å². The Morgan fingerprint density at radius 3 is 2.61 bits per heavy atom. The predicted molar refractivity (Wildman–Crippen MR) is 59.2 cm³/mol. The predicted octanol–water partition coefficient (Wildman–Crippen LogP) is -9.46. The summed E-state index contributed by atoms with van der Waals surface area (Å²) in [7, 11) is -5.22. The third-order valence-electron chi connectivity index (χ3n) is 2.85. The Kier molecular flexibility index (Phi) is 9.66. The van der Waals surface area contributed by atoms with Crippen LogP contribution in [0.5, 0.6) is 6.01 Å². The Labute approximate surface area is 174 Å². The van der Waals surface area contributed by atoms with Crippen LogP contribution in [0.1, 0.15) is 6.23 Å². The summed E-state index contributed by atoms with van der Waals surface area (Å²) in [5.41, 5.74) is -0.317. The maximum atomic E-state index is 11.7. The summed E-state index contributed by atoms with van der Waals surface area (Å²) in [6, 6.07) is 0.196. The second-order valence-corrected chi connectivity index (χ2v) is 5.43. The number of rotatable bonds is 4. The van der Waals surface area contributed by atoms with Crippen molar-refractivity contribution in [1.82, 2.24) is 9.55 Å². The van der Waals surface area contributed by atoms with Crippen molar-refractivity contribution in [2.75, 3.05) is 6.61 Å². The number of phosphoric acid groups is 1. The van der Waals surface area contributed by atoms with Crippen LogP contribution in [0.2, 0.25) is 0 Å². The molecule has 1 aliphatic heterocycles. The van der Waals surface area contributed by atoms with Crippen LogP contribution in [-0.2, 0) is 13.8 Å². The van der Waals surface area contributed by atoms with E-state index in [9.17, 15) is 19.7 Å². The molecule has 5 atom stereocenters. The van der Waals surface area contributed by atoms with Gasteiger partial charge in [-0.15, -0.1) is 0 Å². The van der Waals surface area contributed by atoms with E-state index < -0.39 is 45.0 Å². The van der Waals surface area contributed by atoms with Crippen LogP contribution in [0.15, 0.2) is 12.3 Å². The minimum atomic E-state index is -5.22. The minimum absolute atomic E-state index is 0. The molecule has 1 saturated heterocycles. The number of aromatic nitrogens is 2. The van der Waals surface area contributed by atoms with Gasteiger partial charge in [-0.2, -0.15) is 0 Å². The van der Waals surface area contributed by atoms with Crippen LogP contribution in [0.25, 0.3) is 0 Å². The van der Waals surface area contributed by atoms with Crippen LogP contribution >= 0.6 is 7.82 Å². The second-order valence-electron chi connectivity index (χ2n) is 4.28. The molecule has 0 aromatic carbocycles. The number of nitrogens with zero attached hydrogens (tertiary/aromatic N) is 2. The minimum Gasteiger partial charge on any atom is -0.846 e. The fraction of sp³-hybridized carbons (Fsp3) is 0.556. The standard InChI is InChI=1S/C9H14N3O8P.2Na/c10-5-1-2-12(9(15)11-5)8-7(20-21(16,17)18)6(14)4(3-13)19-8;;/h1-2,4,6-8,13-14H,3H2,(H2,10,11,15)(H2,16,17,18);;/q;2*+1/p-2/t4-,6-,7-,8-;;/m1../s1. The van der Waals surface area contributed by atoms with Crippen molar-refractivity contribution >= 4 is 7.82 Å². The van der Waals surface area contributed by atoms with Gasteiger partial charge in [0, 0.05) is 6.20 Å². The van der Waals surface area contributed by atoms with Crippen LogP contribution < -0.4 is 74.6 Å². The maximum Gasteiger partial charge on any atom is 1.00 e. The van der Waals surface area contributed by atoms with Crippen LogP contribution in [0, 0.1) is 5.41 Å². The molecule has 0 bridgehead atoms. The van der Waals surface area contributed by atoms with Crippen LogP contribution in [-0.4, -0.2) is 49.6 Å². The van der Waals surface area contributed by atoms with E-state index in [1.807, 2.05) is 0 Å². The number of ether oxygens (including phenoxy) is 1. The molecule has 0 amide bonds. The van der Waals surface area contributed by atoms with Crippen LogP contribution in [0.4, 0.5) is 0 Å². The van der Waals surface area contributed by atoms with Gasteiger partial charge in [0.2, 0.25) is 0 Å². The molecule has 1 fully saturated rings. The van der Waals surface area contributed by atoms with Crippen molar-refractivity contribution in [1.29, 1.82) is 5.41 Å². The number of hydrogen-bond donors (Lipinski definition) is 4. The van der Waals surface area contributed by atoms with Gasteiger partial charge in [0.1, 0.15) is 23.8 Å². The molecule has 1 aliphatic rings. The molecule has 23 heavy (non-hydrogen) atoms. The van der Waals surface area contributed by atoms with Gasteiger partial charge in [0.25, 0.3) is 7.82 Å². The molecular formula is C9H12N3Na2O8P. The van der Waals surface area contributed by atoms with Gasteiger partial charge in [-0.1, -0.05) is 0 Å². The van der Waals surface area contributed by atoms with E-state index in [4.69, 9.17) is 20.1 Å². The van der Waals surface area contributed by atoms with Crippen molar-refractivity contribution in [2.24, 2.45) is 0 Å². The molecule has 0 spiro atoms. The maximum absolute atomic E-state index is 11.7. The molecule has 0 aliphatic carbocycles. The molecule has 2 rings (SSSR count). The molecule has 118 valence electrons. The molecule has 4 N–H and O–H groups in total. The van der Waals surface area contributed by atoms with Crippen LogP contribution in [0.3, 0.4) is 0 Å². The molecule has 1 unspecified atom stereocenters. The zero-order valence-electron chi connectivity index (χ0n) is 12.4. The van der Waals surface area contributed by atoms with E-state index in [0.29, 0.717) is 0 Å². The summed E-state index contributed by atoms with van der Waals surface area (Å²) in [4.78, 5) is 22.9. The number of phosphoric ester groups is 1. The van der Waals surface area contributed by atoms with Gasteiger partial charge in [0.15, 0.2) is 6.23 Å². The Morgan fingerprint density at radius 1 is 1.52 bits per heavy atom. The number of aliphatic hydroxyl groups excluding tert-OH is 2. The van der Waals surface area contributed by atoms with E-state index >= 15 is 0 Å². The van der Waals surface area contributed by atoms with Crippen molar-refractivity contribution < 1.29 is 98.0 Å². The third kappa shape index (κ3) is 5.86. The quantitative estimate of drug-likeness (QED) is 0.296. The van der Waals surface area contributed by atoms with E-state index in [0.717, 1.165) is 16.8 Å². The van der Waals surface area contributed by atoms with Crippen molar-refractivity contribution in [3.8, 4) is 6.01 Å². The van der Waals surface area contributed by atoms with Crippen molar-refractivity contribution in [2.45, 2.75) is 24.5 Å². The average Bonchev–Trinajstić information content (AvgIpc) is 2.65. The SMILES string of the molecule is N=c1ccn([C@@H]2O[C@H](CO)[C@@H](O)[C@H]2OP(=O)([O-])O)c([O-])n1.[Na+].[Na+]. The molecule has 11 nitrogen and oxygen atoms in total. The summed E-state index contributed by atoms with van der Waals surface area (Å²) >= 11 is 0. The second kappa shape index (κ2) is 9.39. The molecule has 1 aromatic rings.